The summed E-state index contributed by atoms with van der Waals surface area (Å²) in [5.41, 5.74) is 0. The molecule has 0 aliphatic carbocycles. The third-order valence-electron chi connectivity index (χ3n) is 2.06. The van der Waals surface area contributed by atoms with Crippen molar-refractivity contribution in [3.05, 3.63) is 15.5 Å². The number of thiazole rings is 1. The Bertz CT molecular complexity index is 278. The van der Waals surface area contributed by atoms with Gasteiger partial charge in [0, 0.05) is 29.9 Å². The highest BCUT2D eigenvalue weighted by Crippen LogP contribution is 2.19. The molecule has 0 saturated carbocycles. The van der Waals surface area contributed by atoms with Crippen LogP contribution in [-0.4, -0.2) is 35.0 Å². The molecule has 0 aromatic carbocycles. The van der Waals surface area contributed by atoms with Gasteiger partial charge in [-0.25, -0.2) is 4.98 Å². The Labute approximate surface area is 105 Å². The largest absolute Gasteiger partial charge is 0.297 e. The lowest BCUT2D eigenvalue weighted by atomic mass is 10.4. The van der Waals surface area contributed by atoms with Gasteiger partial charge >= 0.3 is 0 Å². The van der Waals surface area contributed by atoms with Crippen LogP contribution >= 0.6 is 34.7 Å². The van der Waals surface area contributed by atoms with Gasteiger partial charge in [0.15, 0.2) is 4.47 Å². The van der Waals surface area contributed by atoms with Crippen LogP contribution in [0.25, 0.3) is 0 Å². The maximum absolute atomic E-state index is 5.81. The topological polar surface area (TPSA) is 16.1 Å². The molecule has 0 bridgehead atoms. The molecule has 15 heavy (non-hydrogen) atoms. The number of hydrogen-bond acceptors (Lipinski definition) is 4. The van der Waals surface area contributed by atoms with Crippen molar-refractivity contribution in [1.29, 1.82) is 0 Å². The van der Waals surface area contributed by atoms with Gasteiger partial charge < -0.3 is 0 Å². The smallest absolute Gasteiger partial charge is 0.183 e. The van der Waals surface area contributed by atoms with Crippen LogP contribution in [0.2, 0.25) is 4.47 Å². The second-order valence-corrected chi connectivity index (χ2v) is 6.03. The van der Waals surface area contributed by atoms with E-state index >= 15 is 0 Å². The van der Waals surface area contributed by atoms with Gasteiger partial charge in [-0.2, -0.15) is 11.8 Å². The first kappa shape index (κ1) is 13.3. The second-order valence-electron chi connectivity index (χ2n) is 3.35. The molecule has 2 nitrogen and oxygen atoms in total. The van der Waals surface area contributed by atoms with Crippen LogP contribution in [0.5, 0.6) is 0 Å². The third-order valence-corrected chi connectivity index (χ3v) is 3.75. The minimum Gasteiger partial charge on any atom is -0.297 e. The minimum atomic E-state index is 0.645. The van der Waals surface area contributed by atoms with E-state index in [1.807, 2.05) is 18.0 Å². The second kappa shape index (κ2) is 7.49. The highest BCUT2D eigenvalue weighted by atomic mass is 35.5. The van der Waals surface area contributed by atoms with Crippen LogP contribution in [0.4, 0.5) is 0 Å². The summed E-state index contributed by atoms with van der Waals surface area (Å²) in [5.74, 6) is 1.19. The van der Waals surface area contributed by atoms with Crippen LogP contribution in [0, 0.1) is 0 Å². The van der Waals surface area contributed by atoms with Gasteiger partial charge in [0.25, 0.3) is 0 Å². The molecule has 0 N–H and O–H groups in total. The summed E-state index contributed by atoms with van der Waals surface area (Å²) < 4.78 is 0.645. The van der Waals surface area contributed by atoms with E-state index in [4.69, 9.17) is 11.6 Å². The van der Waals surface area contributed by atoms with Crippen LogP contribution in [-0.2, 0) is 6.54 Å². The van der Waals surface area contributed by atoms with Crippen molar-refractivity contribution in [3.8, 4) is 0 Å². The van der Waals surface area contributed by atoms with Gasteiger partial charge in [-0.3, -0.25) is 4.90 Å². The summed E-state index contributed by atoms with van der Waals surface area (Å²) in [4.78, 5) is 7.78. The number of hydrogen-bond donors (Lipinski definition) is 0. The molecular weight excluding hydrogens is 248 g/mol. The molecule has 0 amide bonds. The first-order valence-corrected chi connectivity index (χ1v) is 7.66. The fourth-order valence-electron chi connectivity index (χ4n) is 1.38. The molecule has 1 heterocycles. The lowest BCUT2D eigenvalue weighted by Crippen LogP contribution is -2.26. The maximum Gasteiger partial charge on any atom is 0.183 e. The van der Waals surface area contributed by atoms with Crippen molar-refractivity contribution in [3.63, 3.8) is 0 Å². The summed E-state index contributed by atoms with van der Waals surface area (Å²) in [7, 11) is 0. The van der Waals surface area contributed by atoms with E-state index < -0.39 is 0 Å². The summed E-state index contributed by atoms with van der Waals surface area (Å²) in [5, 5.41) is 0. The molecule has 0 aliphatic rings. The average Bonchev–Trinajstić information content (AvgIpc) is 2.61. The highest BCUT2D eigenvalue weighted by Gasteiger charge is 2.07. The standard InChI is InChI=1S/C10H17ClN2S2/c1-3-4-13(5-6-14-2)8-9-7-12-10(11)15-9/h7H,3-6,8H2,1-2H3. The first-order chi connectivity index (χ1) is 7.26. The molecule has 0 unspecified atom stereocenters. The molecule has 86 valence electrons. The van der Waals surface area contributed by atoms with E-state index in [-0.39, 0.29) is 0 Å². The van der Waals surface area contributed by atoms with Crippen LogP contribution < -0.4 is 0 Å². The van der Waals surface area contributed by atoms with Gasteiger partial charge in [0.2, 0.25) is 0 Å². The van der Waals surface area contributed by atoms with Crippen molar-refractivity contribution < 1.29 is 0 Å². The quantitative estimate of drug-likeness (QED) is 0.751. The van der Waals surface area contributed by atoms with E-state index in [9.17, 15) is 0 Å². The Morgan fingerprint density at radius 1 is 1.53 bits per heavy atom. The van der Waals surface area contributed by atoms with E-state index in [1.165, 1.54) is 17.1 Å². The first-order valence-electron chi connectivity index (χ1n) is 5.07. The van der Waals surface area contributed by atoms with Crippen LogP contribution in [0.15, 0.2) is 6.20 Å². The molecule has 0 atom stereocenters. The van der Waals surface area contributed by atoms with E-state index in [0.717, 1.165) is 19.6 Å². The molecule has 1 aromatic rings. The Morgan fingerprint density at radius 3 is 2.87 bits per heavy atom. The Hall–Kier alpha value is 0.230. The summed E-state index contributed by atoms with van der Waals surface area (Å²) in [6.07, 6.45) is 5.23. The minimum absolute atomic E-state index is 0.645. The van der Waals surface area contributed by atoms with Crippen molar-refractivity contribution in [2.45, 2.75) is 19.9 Å². The van der Waals surface area contributed by atoms with Gasteiger partial charge in [0.05, 0.1) is 0 Å². The summed E-state index contributed by atoms with van der Waals surface area (Å²) in [6, 6.07) is 0. The van der Waals surface area contributed by atoms with Crippen LogP contribution in [0.3, 0.4) is 0 Å². The molecule has 1 aromatic heterocycles. The average molecular weight is 265 g/mol. The number of halogens is 1. The molecular formula is C10H17ClN2S2. The number of nitrogens with zero attached hydrogens (tertiary/aromatic N) is 2. The van der Waals surface area contributed by atoms with Crippen molar-refractivity contribution in [1.82, 2.24) is 9.88 Å². The highest BCUT2D eigenvalue weighted by molar-refractivity contribution is 7.98. The predicted octanol–water partition coefficient (Wildman–Crippen LogP) is 3.37. The maximum atomic E-state index is 5.81. The molecule has 0 saturated heterocycles. The van der Waals surface area contributed by atoms with Gasteiger partial charge in [-0.15, -0.1) is 11.3 Å². The van der Waals surface area contributed by atoms with Crippen molar-refractivity contribution in [2.24, 2.45) is 0 Å². The number of aromatic nitrogens is 1. The lowest BCUT2D eigenvalue weighted by Gasteiger charge is -2.19. The Kier molecular flexibility index (Phi) is 6.64. The predicted molar refractivity (Wildman–Crippen MR) is 71.1 cm³/mol. The fourth-order valence-corrected chi connectivity index (χ4v) is 2.84. The van der Waals surface area contributed by atoms with E-state index in [1.54, 1.807) is 11.3 Å². The fraction of sp³-hybridized carbons (Fsp3) is 0.700. The molecule has 0 radical (unpaired) electrons. The van der Waals surface area contributed by atoms with Gasteiger partial charge in [-0.05, 0) is 19.2 Å². The van der Waals surface area contributed by atoms with Crippen molar-refractivity contribution in [2.75, 3.05) is 25.1 Å². The zero-order valence-electron chi connectivity index (χ0n) is 9.20. The summed E-state index contributed by atoms with van der Waals surface area (Å²) in [6.45, 7) is 5.49. The van der Waals surface area contributed by atoms with E-state index in [2.05, 4.69) is 23.1 Å². The third kappa shape index (κ3) is 5.20. The van der Waals surface area contributed by atoms with Crippen LogP contribution in [0.1, 0.15) is 18.2 Å². The summed E-state index contributed by atoms with van der Waals surface area (Å²) >= 11 is 9.28. The number of rotatable bonds is 7. The molecule has 0 fully saturated rings. The monoisotopic (exact) mass is 264 g/mol. The Balaban J connectivity index is 2.42. The van der Waals surface area contributed by atoms with Gasteiger partial charge in [-0.1, -0.05) is 18.5 Å². The normalized spacial score (nSPS) is 11.2. The number of thioether (sulfide) groups is 1. The lowest BCUT2D eigenvalue weighted by molar-refractivity contribution is 0.285. The van der Waals surface area contributed by atoms with Gasteiger partial charge in [0.1, 0.15) is 0 Å². The van der Waals surface area contributed by atoms with Crippen molar-refractivity contribution >= 4 is 34.7 Å². The zero-order chi connectivity index (χ0) is 11.1. The SMILES string of the molecule is CCCN(CCSC)Cc1cnc(Cl)s1. The molecule has 1 rings (SSSR count). The molecule has 0 spiro atoms. The molecule has 0 aliphatic heterocycles. The molecule has 5 heteroatoms. The van der Waals surface area contributed by atoms with E-state index in [0.29, 0.717) is 4.47 Å². The zero-order valence-corrected chi connectivity index (χ0v) is 11.6. The Morgan fingerprint density at radius 2 is 2.33 bits per heavy atom.